The van der Waals surface area contributed by atoms with Crippen LogP contribution in [0.3, 0.4) is 0 Å². The monoisotopic (exact) mass is 447 g/mol. The molecule has 5 atom stereocenters. The van der Waals surface area contributed by atoms with Crippen LogP contribution in [0.4, 0.5) is 10.2 Å². The Morgan fingerprint density at radius 2 is 2.06 bits per heavy atom. The molecule has 3 N–H and O–H groups in total. The van der Waals surface area contributed by atoms with Crippen molar-refractivity contribution < 1.29 is 24.1 Å². The highest BCUT2D eigenvalue weighted by atomic mass is 32.2. The molecule has 31 heavy (non-hydrogen) atoms. The zero-order valence-corrected chi connectivity index (χ0v) is 17.3. The summed E-state index contributed by atoms with van der Waals surface area (Å²) in [5.41, 5.74) is 1.03. The number of benzene rings is 1. The molecule has 0 aliphatic carbocycles. The van der Waals surface area contributed by atoms with Crippen molar-refractivity contribution >= 4 is 28.7 Å². The molecule has 0 bridgehead atoms. The number of imidazole rings is 1. The van der Waals surface area contributed by atoms with Crippen LogP contribution in [0.2, 0.25) is 0 Å². The fourth-order valence-electron chi connectivity index (χ4n) is 3.82. The second-order valence-corrected chi connectivity index (χ2v) is 8.60. The number of nitrogens with one attached hydrogen (secondary N) is 1. The van der Waals surface area contributed by atoms with E-state index in [1.54, 1.807) is 22.8 Å². The number of nitrogens with zero attached hydrogens (tertiary/aromatic N) is 4. The molecule has 3 aromatic rings. The van der Waals surface area contributed by atoms with Crippen molar-refractivity contribution in [2.45, 2.75) is 41.9 Å². The molecule has 0 spiro atoms. The average Bonchev–Trinajstić information content (AvgIpc) is 3.50. The van der Waals surface area contributed by atoms with E-state index in [1.165, 1.54) is 30.5 Å². The second-order valence-electron chi connectivity index (χ2n) is 7.54. The number of ether oxygens (including phenoxy) is 2. The number of aromatic nitrogens is 4. The molecule has 164 valence electrons. The fraction of sp³-hybridized carbons (Fsp3) is 0.450. The first kappa shape index (κ1) is 20.6. The molecule has 1 aromatic carbocycles. The van der Waals surface area contributed by atoms with Crippen LogP contribution >= 0.6 is 11.8 Å². The van der Waals surface area contributed by atoms with Gasteiger partial charge in [0.15, 0.2) is 23.2 Å². The summed E-state index contributed by atoms with van der Waals surface area (Å²) in [6, 6.07) is 6.56. The van der Waals surface area contributed by atoms with Gasteiger partial charge in [-0.15, -0.1) is 11.8 Å². The molecular weight excluding hydrogens is 425 g/mol. The van der Waals surface area contributed by atoms with Gasteiger partial charge in [-0.3, -0.25) is 4.57 Å². The van der Waals surface area contributed by atoms with Crippen LogP contribution < -0.4 is 5.32 Å². The van der Waals surface area contributed by atoms with Crippen LogP contribution in [0, 0.1) is 5.82 Å². The Morgan fingerprint density at radius 1 is 1.19 bits per heavy atom. The minimum absolute atomic E-state index is 0.151. The zero-order chi connectivity index (χ0) is 21.4. The molecule has 11 heteroatoms. The molecule has 0 amide bonds. The predicted molar refractivity (Wildman–Crippen MR) is 111 cm³/mol. The molecule has 2 aliphatic rings. The molecule has 2 fully saturated rings. The van der Waals surface area contributed by atoms with Gasteiger partial charge in [-0.25, -0.2) is 19.3 Å². The summed E-state index contributed by atoms with van der Waals surface area (Å²) in [4.78, 5) is 13.5. The first-order valence-electron chi connectivity index (χ1n) is 10.0. The van der Waals surface area contributed by atoms with E-state index in [1.807, 2.05) is 0 Å². The number of halogens is 1. The quantitative estimate of drug-likeness (QED) is 0.485. The summed E-state index contributed by atoms with van der Waals surface area (Å²) in [6.07, 6.45) is -0.0506. The van der Waals surface area contributed by atoms with Gasteiger partial charge in [0.2, 0.25) is 0 Å². The first-order valence-corrected chi connectivity index (χ1v) is 11.0. The number of hydrogen-bond acceptors (Lipinski definition) is 9. The number of aliphatic hydroxyl groups excluding tert-OH is 2. The molecule has 5 rings (SSSR count). The van der Waals surface area contributed by atoms with Crippen LogP contribution in [0.1, 0.15) is 12.6 Å². The number of fused-ring (bicyclic) bond motifs is 1. The molecule has 0 saturated carbocycles. The van der Waals surface area contributed by atoms with Crippen molar-refractivity contribution in [3.8, 4) is 0 Å². The molecule has 9 nitrogen and oxygen atoms in total. The Kier molecular flexibility index (Phi) is 5.76. The van der Waals surface area contributed by atoms with Crippen LogP contribution in [0.25, 0.3) is 11.2 Å². The largest absolute Gasteiger partial charge is 0.387 e. The summed E-state index contributed by atoms with van der Waals surface area (Å²) in [6.45, 7) is 1.30. The zero-order valence-electron chi connectivity index (χ0n) is 16.5. The maximum absolute atomic E-state index is 13.9. The van der Waals surface area contributed by atoms with Crippen LogP contribution in [-0.2, 0) is 9.47 Å². The smallest absolute Gasteiger partial charge is 0.167 e. The van der Waals surface area contributed by atoms with Gasteiger partial charge in [0.1, 0.15) is 24.4 Å². The van der Waals surface area contributed by atoms with Crippen molar-refractivity contribution in [3.63, 3.8) is 0 Å². The molecule has 2 aliphatic heterocycles. The standard InChI is InChI=1S/C20H22FN5O4S/c21-12-3-1-2-4-14(12)31-8-13-16(27)17(28)20(30-13)26-10-24-15-18(22-9-23-19(15)26)25-11-5-6-29-7-11/h1-4,9-11,13,16-17,20,27-28H,5-8H2,(H,22,23,25)/t11?,13-,16-,17-,20?/m1/s1. The summed E-state index contributed by atoms with van der Waals surface area (Å²) in [5.74, 6) is 0.534. The molecular formula is C20H22FN5O4S. The van der Waals surface area contributed by atoms with E-state index in [-0.39, 0.29) is 17.6 Å². The van der Waals surface area contributed by atoms with Crippen LogP contribution in [0.15, 0.2) is 41.8 Å². The second kappa shape index (κ2) is 8.67. The first-order chi connectivity index (χ1) is 15.1. The van der Waals surface area contributed by atoms with Gasteiger partial charge in [-0.2, -0.15) is 0 Å². The molecule has 2 aromatic heterocycles. The SMILES string of the molecule is O[C@@H]1[C@@H](CSc2ccccc2F)OC(n2cnc3c(NC4CCOC4)ncnc32)[C@@H]1O. The number of aliphatic hydroxyl groups is 2. The Bertz CT molecular complexity index is 1060. The van der Waals surface area contributed by atoms with Crippen LogP contribution in [0.5, 0.6) is 0 Å². The number of anilines is 1. The molecule has 2 saturated heterocycles. The van der Waals surface area contributed by atoms with E-state index in [9.17, 15) is 14.6 Å². The van der Waals surface area contributed by atoms with E-state index in [2.05, 4.69) is 20.3 Å². The fourth-order valence-corrected chi connectivity index (χ4v) is 4.82. The number of rotatable bonds is 6. The number of hydrogen-bond donors (Lipinski definition) is 3. The topological polar surface area (TPSA) is 115 Å². The van der Waals surface area contributed by atoms with Crippen molar-refractivity contribution in [1.29, 1.82) is 0 Å². The lowest BCUT2D eigenvalue weighted by atomic mass is 10.1. The summed E-state index contributed by atoms with van der Waals surface area (Å²) < 4.78 is 26.8. The van der Waals surface area contributed by atoms with Crippen molar-refractivity contribution in [1.82, 2.24) is 19.5 Å². The van der Waals surface area contributed by atoms with Crippen molar-refractivity contribution in [3.05, 3.63) is 42.7 Å². The maximum Gasteiger partial charge on any atom is 0.167 e. The molecule has 4 heterocycles. The summed E-state index contributed by atoms with van der Waals surface area (Å²) in [7, 11) is 0. The van der Waals surface area contributed by atoms with E-state index in [0.717, 1.165) is 6.42 Å². The average molecular weight is 447 g/mol. The summed E-state index contributed by atoms with van der Waals surface area (Å²) >= 11 is 1.23. The van der Waals surface area contributed by atoms with Crippen molar-refractivity contribution in [2.75, 3.05) is 24.3 Å². The van der Waals surface area contributed by atoms with Crippen molar-refractivity contribution in [2.24, 2.45) is 0 Å². The minimum atomic E-state index is -1.18. The van der Waals surface area contributed by atoms with E-state index in [0.29, 0.717) is 35.1 Å². The van der Waals surface area contributed by atoms with Crippen LogP contribution in [-0.4, -0.2) is 73.1 Å². The minimum Gasteiger partial charge on any atom is -0.387 e. The van der Waals surface area contributed by atoms with E-state index < -0.39 is 24.5 Å². The van der Waals surface area contributed by atoms with Gasteiger partial charge >= 0.3 is 0 Å². The predicted octanol–water partition coefficient (Wildman–Crippen LogP) is 1.58. The van der Waals surface area contributed by atoms with Gasteiger partial charge in [-0.1, -0.05) is 12.1 Å². The highest BCUT2D eigenvalue weighted by molar-refractivity contribution is 7.99. The van der Waals surface area contributed by atoms with Gasteiger partial charge < -0.3 is 25.0 Å². The lowest BCUT2D eigenvalue weighted by Crippen LogP contribution is -2.32. The Labute approximate surface area is 181 Å². The Balaban J connectivity index is 1.34. The highest BCUT2D eigenvalue weighted by Gasteiger charge is 2.44. The highest BCUT2D eigenvalue weighted by Crippen LogP contribution is 2.35. The lowest BCUT2D eigenvalue weighted by molar-refractivity contribution is -0.0289. The maximum atomic E-state index is 13.9. The van der Waals surface area contributed by atoms with Gasteiger partial charge in [-0.05, 0) is 18.6 Å². The normalized spacial score (nSPS) is 28.4. The van der Waals surface area contributed by atoms with E-state index >= 15 is 0 Å². The molecule has 0 radical (unpaired) electrons. The van der Waals surface area contributed by atoms with Gasteiger partial charge in [0, 0.05) is 17.3 Å². The van der Waals surface area contributed by atoms with E-state index in [4.69, 9.17) is 9.47 Å². The number of thioether (sulfide) groups is 1. The third-order valence-electron chi connectivity index (χ3n) is 5.48. The van der Waals surface area contributed by atoms with Gasteiger partial charge in [0.25, 0.3) is 0 Å². The Hall–Kier alpha value is -2.31. The lowest BCUT2D eigenvalue weighted by Gasteiger charge is -2.17. The summed E-state index contributed by atoms with van der Waals surface area (Å²) in [5, 5.41) is 24.5. The Morgan fingerprint density at radius 3 is 2.87 bits per heavy atom. The third-order valence-corrected chi connectivity index (χ3v) is 6.62. The third kappa shape index (κ3) is 3.99. The molecule has 2 unspecified atom stereocenters. The van der Waals surface area contributed by atoms with Gasteiger partial charge in [0.05, 0.1) is 25.1 Å².